The number of hydrogen-bond donors (Lipinski definition) is 0. The lowest BCUT2D eigenvalue weighted by molar-refractivity contribution is -0.469. The molecule has 0 N–H and O–H groups in total. The van der Waals surface area contributed by atoms with Gasteiger partial charge in [-0.3, -0.25) is 0 Å². The van der Waals surface area contributed by atoms with E-state index in [2.05, 4.69) is 6.92 Å². The van der Waals surface area contributed by atoms with Gasteiger partial charge in [0.05, 0.1) is 0 Å². The van der Waals surface area contributed by atoms with E-state index in [9.17, 15) is 83.4 Å². The number of hydrogen-bond acceptors (Lipinski definition) is 0. The molecule has 53 heavy (non-hydrogen) atoms. The second-order valence-electron chi connectivity index (χ2n) is 14.3. The average Bonchev–Trinajstić information content (AvgIpc) is 3.07. The lowest BCUT2D eigenvalue weighted by Crippen LogP contribution is -2.75. The molecule has 0 bridgehead atoms. The predicted molar refractivity (Wildman–Crippen MR) is 155 cm³/mol. The first-order valence-electron chi connectivity index (χ1n) is 17.2. The first kappa shape index (κ1) is 45.3. The molecule has 2 fully saturated rings. The van der Waals surface area contributed by atoms with Gasteiger partial charge in [0, 0.05) is 5.56 Å². The van der Waals surface area contributed by atoms with Gasteiger partial charge in [-0.05, 0) is 67.8 Å². The monoisotopic (exact) mass is 808 g/mol. The normalized spacial score (nSPS) is 23.7. The fourth-order valence-corrected chi connectivity index (χ4v) is 7.42. The van der Waals surface area contributed by atoms with Crippen molar-refractivity contribution in [3.05, 3.63) is 35.4 Å². The lowest BCUT2D eigenvalue weighted by atomic mass is 9.68. The Morgan fingerprint density at radius 3 is 1.23 bits per heavy atom. The highest BCUT2D eigenvalue weighted by atomic mass is 19.4. The highest BCUT2D eigenvalue weighted by Crippen LogP contribution is 2.66. The Morgan fingerprint density at radius 2 is 0.811 bits per heavy atom. The van der Waals surface area contributed by atoms with Gasteiger partial charge >= 0.3 is 53.6 Å². The fraction of sp³-hybridized carbons (Fsp3) is 0.824. The van der Waals surface area contributed by atoms with E-state index in [1.54, 1.807) is 0 Å². The number of rotatable bonds is 16. The molecule has 0 unspecified atom stereocenters. The van der Waals surface area contributed by atoms with Crippen LogP contribution in [0.4, 0.5) is 83.4 Å². The van der Waals surface area contributed by atoms with Crippen LogP contribution in [-0.4, -0.2) is 47.6 Å². The SMILES string of the molecule is CCCCCCC[C@H]1CC[C@H](C2CCC(c3ccc(C(F)(F)C(F)(F)C(F)(F)C(F)(F)C(F)(F)C(F)(F)C(F)(F)C(F)(F)C(F)(F)F)cc3)CC2)CC1. The largest absolute Gasteiger partial charge is 0.460 e. The van der Waals surface area contributed by atoms with Crippen LogP contribution in [0.25, 0.3) is 0 Å². The molecule has 1 aromatic carbocycles. The molecule has 0 amide bonds. The minimum Gasteiger partial charge on any atom is -0.194 e. The maximum absolute atomic E-state index is 14.8. The van der Waals surface area contributed by atoms with Crippen molar-refractivity contribution in [1.29, 1.82) is 0 Å². The summed E-state index contributed by atoms with van der Waals surface area (Å²) in [6.45, 7) is 2.14. The molecule has 2 aliphatic rings. The Bertz CT molecular complexity index is 1320. The van der Waals surface area contributed by atoms with E-state index >= 15 is 0 Å². The summed E-state index contributed by atoms with van der Waals surface area (Å²) < 4.78 is 261. The molecule has 0 nitrogen and oxygen atoms in total. The summed E-state index contributed by atoms with van der Waals surface area (Å²) in [4.78, 5) is 0. The molecule has 0 aromatic heterocycles. The van der Waals surface area contributed by atoms with Crippen LogP contribution in [0.15, 0.2) is 24.3 Å². The number of unbranched alkanes of at least 4 members (excludes halogenated alkanes) is 4. The summed E-state index contributed by atoms with van der Waals surface area (Å²) in [6.07, 6.45) is 5.96. The number of alkyl halides is 19. The average molecular weight is 809 g/mol. The highest BCUT2D eigenvalue weighted by molar-refractivity contribution is 5.31. The molecule has 19 heteroatoms. The van der Waals surface area contributed by atoms with Crippen molar-refractivity contribution in [3.63, 3.8) is 0 Å². The van der Waals surface area contributed by atoms with Gasteiger partial charge in [0.1, 0.15) is 0 Å². The van der Waals surface area contributed by atoms with Crippen molar-refractivity contribution in [3.8, 4) is 0 Å². The predicted octanol–water partition coefficient (Wildman–Crippen LogP) is 14.2. The Balaban J connectivity index is 1.72. The van der Waals surface area contributed by atoms with Crippen LogP contribution in [-0.2, 0) is 5.92 Å². The zero-order valence-corrected chi connectivity index (χ0v) is 28.2. The summed E-state index contributed by atoms with van der Waals surface area (Å²) in [6, 6.07) is 1.54. The second kappa shape index (κ2) is 15.4. The molecule has 3 rings (SSSR count). The quantitative estimate of drug-likeness (QED) is 0.115. The third kappa shape index (κ3) is 7.83. The van der Waals surface area contributed by atoms with E-state index in [4.69, 9.17) is 0 Å². The Morgan fingerprint density at radius 1 is 0.434 bits per heavy atom. The number of halogens is 19. The standard InChI is InChI=1S/C34H39F19/c1-2-3-4-5-6-7-20-8-10-21(11-9-20)22-12-14-23(15-13-22)24-16-18-25(19-17-24)26(35,36)27(37,38)28(39,40)29(41,42)30(43,44)31(45,46)32(47,48)33(49,50)34(51,52)53/h16-23H,2-15H2,1H3/t20-,21-,22?,23?. The molecular formula is C34H39F19. The summed E-state index contributed by atoms with van der Waals surface area (Å²) in [5, 5.41) is 0. The summed E-state index contributed by atoms with van der Waals surface area (Å²) in [5.41, 5.74) is -2.03. The van der Waals surface area contributed by atoms with Crippen molar-refractivity contribution < 1.29 is 83.4 Å². The lowest BCUT2D eigenvalue weighted by Gasteiger charge is -2.43. The molecule has 0 radical (unpaired) electrons. The molecule has 2 saturated carbocycles. The number of benzene rings is 1. The van der Waals surface area contributed by atoms with Crippen LogP contribution in [0.2, 0.25) is 0 Å². The fourth-order valence-electron chi connectivity index (χ4n) is 7.42. The summed E-state index contributed by atoms with van der Waals surface area (Å²) in [5.74, 6) is -65.5. The maximum atomic E-state index is 14.8. The van der Waals surface area contributed by atoms with Gasteiger partial charge in [0.25, 0.3) is 0 Å². The van der Waals surface area contributed by atoms with Crippen LogP contribution < -0.4 is 0 Å². The van der Waals surface area contributed by atoms with Gasteiger partial charge in [-0.15, -0.1) is 0 Å². The summed E-state index contributed by atoms with van der Waals surface area (Å²) in [7, 11) is 0. The first-order chi connectivity index (χ1) is 24.0. The van der Waals surface area contributed by atoms with Gasteiger partial charge in [0.15, 0.2) is 0 Å². The molecule has 0 aliphatic heterocycles. The van der Waals surface area contributed by atoms with Gasteiger partial charge in [-0.2, -0.15) is 83.4 Å². The van der Waals surface area contributed by atoms with E-state index in [1.807, 2.05) is 0 Å². The smallest absolute Gasteiger partial charge is 0.194 e. The Hall–Kier alpha value is -2.11. The van der Waals surface area contributed by atoms with Gasteiger partial charge in [0.2, 0.25) is 0 Å². The van der Waals surface area contributed by atoms with Gasteiger partial charge in [-0.1, -0.05) is 82.6 Å². The van der Waals surface area contributed by atoms with Crippen molar-refractivity contribution in [2.45, 2.75) is 156 Å². The highest BCUT2D eigenvalue weighted by Gasteiger charge is 2.96. The van der Waals surface area contributed by atoms with Crippen LogP contribution in [0.5, 0.6) is 0 Å². The third-order valence-corrected chi connectivity index (χ3v) is 10.9. The Labute approximate surface area is 293 Å². The zero-order chi connectivity index (χ0) is 40.7. The molecule has 0 heterocycles. The van der Waals surface area contributed by atoms with E-state index < -0.39 is 59.1 Å². The van der Waals surface area contributed by atoms with Crippen LogP contribution in [0.3, 0.4) is 0 Å². The van der Waals surface area contributed by atoms with Crippen molar-refractivity contribution in [1.82, 2.24) is 0 Å². The molecular weight excluding hydrogens is 769 g/mol. The molecule has 0 spiro atoms. The Kier molecular flexibility index (Phi) is 13.2. The van der Waals surface area contributed by atoms with Gasteiger partial charge in [-0.25, -0.2) is 0 Å². The van der Waals surface area contributed by atoms with Crippen molar-refractivity contribution in [2.75, 3.05) is 0 Å². The van der Waals surface area contributed by atoms with E-state index in [1.165, 1.54) is 32.1 Å². The zero-order valence-electron chi connectivity index (χ0n) is 28.2. The topological polar surface area (TPSA) is 0 Å². The van der Waals surface area contributed by atoms with Gasteiger partial charge < -0.3 is 0 Å². The summed E-state index contributed by atoms with van der Waals surface area (Å²) >= 11 is 0. The maximum Gasteiger partial charge on any atom is 0.460 e. The van der Waals surface area contributed by atoms with E-state index in [0.29, 0.717) is 43.4 Å². The minimum absolute atomic E-state index is 0.0396. The van der Waals surface area contributed by atoms with Crippen LogP contribution in [0.1, 0.15) is 114 Å². The molecule has 0 atom stereocenters. The molecule has 2 aliphatic carbocycles. The van der Waals surface area contributed by atoms with E-state index in [0.717, 1.165) is 44.2 Å². The third-order valence-electron chi connectivity index (χ3n) is 10.9. The molecule has 1 aromatic rings. The van der Waals surface area contributed by atoms with Crippen LogP contribution in [0, 0.1) is 17.8 Å². The van der Waals surface area contributed by atoms with E-state index in [-0.39, 0.29) is 23.6 Å². The second-order valence-corrected chi connectivity index (χ2v) is 14.3. The van der Waals surface area contributed by atoms with Crippen LogP contribution >= 0.6 is 0 Å². The van der Waals surface area contributed by atoms with Crippen molar-refractivity contribution >= 4 is 0 Å². The first-order valence-corrected chi connectivity index (χ1v) is 17.2. The molecule has 308 valence electrons. The van der Waals surface area contributed by atoms with Crippen molar-refractivity contribution in [2.24, 2.45) is 17.8 Å². The minimum atomic E-state index is -8.92. The molecule has 0 saturated heterocycles.